The van der Waals surface area contributed by atoms with Crippen molar-refractivity contribution in [1.29, 1.82) is 0 Å². The van der Waals surface area contributed by atoms with Gasteiger partial charge < -0.3 is 14.4 Å². The molecule has 1 heterocycles. The van der Waals surface area contributed by atoms with Gasteiger partial charge in [-0.05, 0) is 24.6 Å². The fraction of sp³-hybridized carbons (Fsp3) is 0.294. The summed E-state index contributed by atoms with van der Waals surface area (Å²) >= 11 is 7.40. The van der Waals surface area contributed by atoms with Gasteiger partial charge >= 0.3 is 0 Å². The van der Waals surface area contributed by atoms with Crippen molar-refractivity contribution in [3.63, 3.8) is 0 Å². The normalized spacial score (nSPS) is 12.6. The van der Waals surface area contributed by atoms with E-state index in [-0.39, 0.29) is 5.82 Å². The van der Waals surface area contributed by atoms with Crippen molar-refractivity contribution < 1.29 is 13.9 Å². The van der Waals surface area contributed by atoms with Gasteiger partial charge in [-0.2, -0.15) is 0 Å². The van der Waals surface area contributed by atoms with E-state index in [0.29, 0.717) is 17.4 Å². The van der Waals surface area contributed by atoms with Gasteiger partial charge in [0.05, 0.1) is 25.6 Å². The third-order valence-corrected chi connectivity index (χ3v) is 5.06. The first-order chi connectivity index (χ1) is 11.2. The standard InChI is InChI=1S/C17H17ClFNO2S/c1-21-14-9-13-17(10-15(14)22-2)23-16-8-11(19)4-5-12(16)20(13)7-3-6-18/h4-5,8-10H,3,6-7H2,1-2H3. The monoisotopic (exact) mass is 353 g/mol. The summed E-state index contributed by atoms with van der Waals surface area (Å²) in [6, 6.07) is 8.75. The fourth-order valence-corrected chi connectivity index (χ4v) is 3.89. The van der Waals surface area contributed by atoms with Crippen molar-refractivity contribution in [3.8, 4) is 11.5 Å². The van der Waals surface area contributed by atoms with Crippen LogP contribution in [0.4, 0.5) is 15.8 Å². The van der Waals surface area contributed by atoms with Crippen molar-refractivity contribution in [2.45, 2.75) is 16.2 Å². The first-order valence-electron chi connectivity index (χ1n) is 7.25. The Morgan fingerprint density at radius 2 is 1.74 bits per heavy atom. The van der Waals surface area contributed by atoms with Gasteiger partial charge in [-0.1, -0.05) is 11.8 Å². The van der Waals surface area contributed by atoms with Crippen molar-refractivity contribution in [2.75, 3.05) is 31.5 Å². The maximum Gasteiger partial charge on any atom is 0.162 e. The third kappa shape index (κ3) is 3.08. The van der Waals surface area contributed by atoms with Crippen LogP contribution in [0.15, 0.2) is 40.1 Å². The molecule has 3 nitrogen and oxygen atoms in total. The minimum atomic E-state index is -0.238. The maximum atomic E-state index is 13.6. The van der Waals surface area contributed by atoms with E-state index in [1.165, 1.54) is 17.8 Å². The number of ether oxygens (including phenoxy) is 2. The highest BCUT2D eigenvalue weighted by molar-refractivity contribution is 7.99. The number of hydrogen-bond donors (Lipinski definition) is 0. The van der Waals surface area contributed by atoms with E-state index >= 15 is 0 Å². The molecule has 3 rings (SSSR count). The smallest absolute Gasteiger partial charge is 0.162 e. The predicted octanol–water partition coefficient (Wildman–Crippen LogP) is 5.07. The fourth-order valence-electron chi connectivity index (χ4n) is 2.64. The molecule has 1 aliphatic heterocycles. The van der Waals surface area contributed by atoms with Crippen molar-refractivity contribution in [2.24, 2.45) is 0 Å². The molecule has 122 valence electrons. The number of fused-ring (bicyclic) bond motifs is 2. The van der Waals surface area contributed by atoms with E-state index in [9.17, 15) is 4.39 Å². The van der Waals surface area contributed by atoms with Gasteiger partial charge in [-0.25, -0.2) is 4.39 Å². The molecule has 0 unspecified atom stereocenters. The highest BCUT2D eigenvalue weighted by atomic mass is 35.5. The van der Waals surface area contributed by atoms with Gasteiger partial charge in [0.15, 0.2) is 11.5 Å². The summed E-state index contributed by atoms with van der Waals surface area (Å²) < 4.78 is 24.4. The highest BCUT2D eigenvalue weighted by Crippen LogP contribution is 2.51. The average molecular weight is 354 g/mol. The molecule has 0 radical (unpaired) electrons. The molecule has 0 N–H and O–H groups in total. The van der Waals surface area contributed by atoms with Gasteiger partial charge in [-0.15, -0.1) is 11.6 Å². The van der Waals surface area contributed by atoms with Crippen LogP contribution in [-0.4, -0.2) is 26.6 Å². The van der Waals surface area contributed by atoms with Gasteiger partial charge in [-0.3, -0.25) is 0 Å². The molecule has 1 aliphatic rings. The summed E-state index contributed by atoms with van der Waals surface area (Å²) in [6.45, 7) is 0.755. The van der Waals surface area contributed by atoms with Crippen LogP contribution in [0.25, 0.3) is 0 Å². The lowest BCUT2D eigenvalue weighted by atomic mass is 10.2. The van der Waals surface area contributed by atoms with Gasteiger partial charge in [0.1, 0.15) is 5.82 Å². The number of halogens is 2. The molecule has 23 heavy (non-hydrogen) atoms. The molecule has 6 heteroatoms. The first-order valence-corrected chi connectivity index (χ1v) is 8.60. The van der Waals surface area contributed by atoms with Crippen molar-refractivity contribution in [3.05, 3.63) is 36.1 Å². The number of nitrogens with zero attached hydrogens (tertiary/aromatic N) is 1. The summed E-state index contributed by atoms with van der Waals surface area (Å²) in [4.78, 5) is 4.06. The first kappa shape index (κ1) is 16.3. The summed E-state index contributed by atoms with van der Waals surface area (Å²) in [5, 5.41) is 0. The summed E-state index contributed by atoms with van der Waals surface area (Å²) in [6.07, 6.45) is 0.830. The molecule has 2 aromatic carbocycles. The van der Waals surface area contributed by atoms with Crippen LogP contribution in [0, 0.1) is 5.82 Å². The van der Waals surface area contributed by atoms with Gasteiger partial charge in [0.2, 0.25) is 0 Å². The minimum absolute atomic E-state index is 0.238. The molecule has 0 saturated heterocycles. The Kier molecular flexibility index (Phi) is 4.87. The topological polar surface area (TPSA) is 21.7 Å². The number of methoxy groups -OCH3 is 2. The Labute approximate surface area is 144 Å². The molecule has 0 aliphatic carbocycles. The third-order valence-electron chi connectivity index (χ3n) is 3.70. The summed E-state index contributed by atoms with van der Waals surface area (Å²) in [7, 11) is 3.23. The van der Waals surface area contributed by atoms with Crippen LogP contribution >= 0.6 is 23.4 Å². The zero-order valence-electron chi connectivity index (χ0n) is 12.9. The molecule has 0 amide bonds. The number of alkyl halides is 1. The molecule has 0 spiro atoms. The van der Waals surface area contributed by atoms with E-state index in [1.54, 1.807) is 20.3 Å². The lowest BCUT2D eigenvalue weighted by Crippen LogP contribution is -2.22. The lowest BCUT2D eigenvalue weighted by Gasteiger charge is -2.33. The van der Waals surface area contributed by atoms with E-state index in [4.69, 9.17) is 21.1 Å². The molecule has 0 aromatic heterocycles. The summed E-state index contributed by atoms with van der Waals surface area (Å²) in [5.74, 6) is 1.67. The van der Waals surface area contributed by atoms with E-state index in [0.717, 1.165) is 34.1 Å². The Bertz CT molecular complexity index is 726. The molecule has 2 aromatic rings. The molecule has 0 bridgehead atoms. The number of anilines is 2. The van der Waals surface area contributed by atoms with Crippen LogP contribution < -0.4 is 14.4 Å². The van der Waals surface area contributed by atoms with Crippen molar-refractivity contribution in [1.82, 2.24) is 0 Å². The molecular weight excluding hydrogens is 337 g/mol. The second kappa shape index (κ2) is 6.89. The van der Waals surface area contributed by atoms with E-state index < -0.39 is 0 Å². The van der Waals surface area contributed by atoms with Crippen LogP contribution in [0.3, 0.4) is 0 Å². The number of benzene rings is 2. The largest absolute Gasteiger partial charge is 0.493 e. The predicted molar refractivity (Wildman–Crippen MR) is 92.4 cm³/mol. The van der Waals surface area contributed by atoms with Crippen LogP contribution in [0.2, 0.25) is 0 Å². The van der Waals surface area contributed by atoms with E-state index in [2.05, 4.69) is 4.90 Å². The number of hydrogen-bond acceptors (Lipinski definition) is 4. The Balaban J connectivity index is 2.12. The Morgan fingerprint density at radius 3 is 2.43 bits per heavy atom. The molecule has 0 saturated carbocycles. The van der Waals surface area contributed by atoms with Crippen LogP contribution in [-0.2, 0) is 0 Å². The highest BCUT2D eigenvalue weighted by Gasteiger charge is 2.25. The Hall–Kier alpha value is -1.59. The maximum absolute atomic E-state index is 13.6. The SMILES string of the molecule is COc1cc2c(cc1OC)N(CCCCl)c1ccc(F)cc1S2. The average Bonchev–Trinajstić information content (AvgIpc) is 2.57. The molecule has 0 atom stereocenters. The van der Waals surface area contributed by atoms with Crippen molar-refractivity contribution >= 4 is 34.7 Å². The quantitative estimate of drug-likeness (QED) is 0.699. The Morgan fingerprint density at radius 1 is 1.04 bits per heavy atom. The zero-order chi connectivity index (χ0) is 16.4. The number of rotatable bonds is 5. The molecule has 0 fully saturated rings. The van der Waals surface area contributed by atoms with Crippen LogP contribution in [0.5, 0.6) is 11.5 Å². The second-order valence-corrected chi connectivity index (χ2v) is 6.54. The van der Waals surface area contributed by atoms with Gasteiger partial charge in [0.25, 0.3) is 0 Å². The van der Waals surface area contributed by atoms with Crippen LogP contribution in [0.1, 0.15) is 6.42 Å². The van der Waals surface area contributed by atoms with Gasteiger partial charge in [0, 0.05) is 34.3 Å². The lowest BCUT2D eigenvalue weighted by molar-refractivity contribution is 0.354. The van der Waals surface area contributed by atoms with E-state index in [1.807, 2.05) is 18.2 Å². The molecular formula is C17H17ClFNO2S. The summed E-state index contributed by atoms with van der Waals surface area (Å²) in [5.41, 5.74) is 2.01. The minimum Gasteiger partial charge on any atom is -0.493 e. The zero-order valence-corrected chi connectivity index (χ0v) is 14.5. The second-order valence-electron chi connectivity index (χ2n) is 5.08.